The maximum atomic E-state index is 14.7. The van der Waals surface area contributed by atoms with Crippen molar-refractivity contribution in [3.63, 3.8) is 0 Å². The molecule has 3 amide bonds. The Labute approximate surface area is 198 Å². The van der Waals surface area contributed by atoms with Crippen molar-refractivity contribution in [3.8, 4) is 0 Å². The number of nitrogens with zero attached hydrogens (tertiary/aromatic N) is 2. The Morgan fingerprint density at radius 2 is 2.03 bits per heavy atom. The van der Waals surface area contributed by atoms with Crippen molar-refractivity contribution in [2.24, 2.45) is 17.8 Å². The van der Waals surface area contributed by atoms with Gasteiger partial charge in [0.2, 0.25) is 15.9 Å². The number of likely N-dealkylation sites (tertiary alicyclic amines) is 1. The molecular formula is C19H34ClFN6O5S. The van der Waals surface area contributed by atoms with Crippen LogP contribution in [0.15, 0.2) is 0 Å². The SMILES string of the molecule is CN1CNC(C2CC(Cl)C(F)C(C(=O)NNS(=O)(=O)CC3CCN(C(=O)NCCO)C3)C2)C1. The lowest BCUT2D eigenvalue weighted by Crippen LogP contribution is -2.52. The van der Waals surface area contributed by atoms with E-state index in [2.05, 4.69) is 25.8 Å². The van der Waals surface area contributed by atoms with E-state index in [4.69, 9.17) is 16.7 Å². The average molecular weight is 513 g/mol. The Morgan fingerprint density at radius 1 is 1.27 bits per heavy atom. The fourth-order valence-corrected chi connectivity index (χ4v) is 6.49. The first-order valence-corrected chi connectivity index (χ1v) is 13.3. The topological polar surface area (TPSA) is 143 Å². The quantitative estimate of drug-likeness (QED) is 0.203. The summed E-state index contributed by atoms with van der Waals surface area (Å²) < 4.78 is 39.7. The molecule has 3 aliphatic rings. The van der Waals surface area contributed by atoms with E-state index in [0.717, 1.165) is 6.54 Å². The fourth-order valence-electron chi connectivity index (χ4n) is 4.86. The number of alkyl halides is 2. The van der Waals surface area contributed by atoms with Crippen molar-refractivity contribution < 1.29 is 27.5 Å². The lowest BCUT2D eigenvalue weighted by atomic mass is 9.76. The fraction of sp³-hybridized carbons (Fsp3) is 0.895. The molecule has 0 aromatic carbocycles. The zero-order chi connectivity index (χ0) is 24.2. The highest BCUT2D eigenvalue weighted by atomic mass is 35.5. The molecule has 33 heavy (non-hydrogen) atoms. The summed E-state index contributed by atoms with van der Waals surface area (Å²) in [5.74, 6) is -2.34. The molecule has 11 nitrogen and oxygen atoms in total. The molecule has 190 valence electrons. The molecule has 1 aliphatic carbocycles. The Morgan fingerprint density at radius 3 is 2.70 bits per heavy atom. The van der Waals surface area contributed by atoms with Gasteiger partial charge in [0.15, 0.2) is 0 Å². The number of aliphatic hydroxyl groups excluding tert-OH is 1. The van der Waals surface area contributed by atoms with Crippen LogP contribution < -0.4 is 20.9 Å². The number of urea groups is 1. The van der Waals surface area contributed by atoms with Gasteiger partial charge in [0, 0.05) is 38.9 Å². The summed E-state index contributed by atoms with van der Waals surface area (Å²) in [5.41, 5.74) is 2.17. The smallest absolute Gasteiger partial charge is 0.317 e. The molecule has 5 N–H and O–H groups in total. The normalized spacial score (nSPS) is 33.3. The lowest BCUT2D eigenvalue weighted by molar-refractivity contribution is -0.129. The molecule has 2 saturated heterocycles. The molecule has 2 heterocycles. The number of carbonyl (C=O) groups excluding carboxylic acids is 2. The van der Waals surface area contributed by atoms with Crippen LogP contribution in [0.3, 0.4) is 0 Å². The highest BCUT2D eigenvalue weighted by molar-refractivity contribution is 7.89. The monoisotopic (exact) mass is 512 g/mol. The van der Waals surface area contributed by atoms with E-state index in [1.54, 1.807) is 0 Å². The van der Waals surface area contributed by atoms with E-state index in [0.29, 0.717) is 26.1 Å². The van der Waals surface area contributed by atoms with Crippen LogP contribution in [0.5, 0.6) is 0 Å². The van der Waals surface area contributed by atoms with Gasteiger partial charge in [-0.15, -0.1) is 16.4 Å². The summed E-state index contributed by atoms with van der Waals surface area (Å²) in [5, 5.41) is 13.8. The number of aliphatic hydroxyl groups is 1. The molecule has 3 rings (SSSR count). The van der Waals surface area contributed by atoms with Gasteiger partial charge in [0.25, 0.3) is 0 Å². The number of rotatable bonds is 8. The summed E-state index contributed by atoms with van der Waals surface area (Å²) in [6.45, 7) is 2.09. The summed E-state index contributed by atoms with van der Waals surface area (Å²) >= 11 is 6.20. The molecule has 1 saturated carbocycles. The predicted octanol–water partition coefficient (Wildman–Crippen LogP) is -1.21. The minimum atomic E-state index is -3.89. The highest BCUT2D eigenvalue weighted by Gasteiger charge is 2.44. The Balaban J connectivity index is 1.49. The maximum absolute atomic E-state index is 14.7. The first kappa shape index (κ1) is 26.4. The molecule has 0 aromatic rings. The Hall–Kier alpha value is -1.25. The summed E-state index contributed by atoms with van der Waals surface area (Å²) in [7, 11) is -1.92. The van der Waals surface area contributed by atoms with Crippen molar-refractivity contribution in [2.45, 2.75) is 36.9 Å². The molecule has 0 spiro atoms. The van der Waals surface area contributed by atoms with E-state index in [1.807, 2.05) is 7.05 Å². The maximum Gasteiger partial charge on any atom is 0.317 e. The molecule has 6 unspecified atom stereocenters. The van der Waals surface area contributed by atoms with Gasteiger partial charge in [-0.2, -0.15) is 0 Å². The predicted molar refractivity (Wildman–Crippen MR) is 120 cm³/mol. The van der Waals surface area contributed by atoms with E-state index in [9.17, 15) is 22.4 Å². The minimum absolute atomic E-state index is 0.0123. The summed E-state index contributed by atoms with van der Waals surface area (Å²) in [6, 6.07) is -0.250. The number of carbonyl (C=O) groups is 2. The zero-order valence-corrected chi connectivity index (χ0v) is 20.2. The van der Waals surface area contributed by atoms with Crippen LogP contribution in [0, 0.1) is 17.8 Å². The Bertz CT molecular complexity index is 808. The van der Waals surface area contributed by atoms with Gasteiger partial charge in [0.1, 0.15) is 6.17 Å². The Kier molecular flexibility index (Phi) is 9.15. The summed E-state index contributed by atoms with van der Waals surface area (Å²) in [6.07, 6.45) is -0.334. The molecule has 14 heteroatoms. The van der Waals surface area contributed by atoms with Crippen molar-refractivity contribution >= 4 is 33.6 Å². The second kappa shape index (κ2) is 11.5. The van der Waals surface area contributed by atoms with Crippen LogP contribution in [0.2, 0.25) is 0 Å². The van der Waals surface area contributed by atoms with E-state index >= 15 is 0 Å². The van der Waals surface area contributed by atoms with E-state index in [-0.39, 0.29) is 55.8 Å². The van der Waals surface area contributed by atoms with Crippen LogP contribution in [0.1, 0.15) is 19.3 Å². The molecule has 2 aliphatic heterocycles. The first-order valence-electron chi connectivity index (χ1n) is 11.2. The standard InChI is InChI=1S/C19H34ClFN6O5S/c1-26-9-16(23-11-26)13-6-14(17(21)15(20)7-13)18(29)24-25-33(31,32)10-12-2-4-27(8-12)19(30)22-3-5-28/h12-17,23,25,28H,2-11H2,1H3,(H,22,30)(H,24,29). The number of likely N-dealkylation sites (N-methyl/N-ethyl adjacent to an activating group) is 1. The van der Waals surface area contributed by atoms with Gasteiger partial charge in [-0.1, -0.05) is 0 Å². The van der Waals surface area contributed by atoms with Gasteiger partial charge in [-0.3, -0.25) is 20.4 Å². The third-order valence-corrected chi connectivity index (χ3v) is 8.34. The lowest BCUT2D eigenvalue weighted by Gasteiger charge is -2.37. The van der Waals surface area contributed by atoms with Crippen LogP contribution >= 0.6 is 11.6 Å². The second-order valence-corrected chi connectivity index (χ2v) is 11.6. The molecule has 3 fully saturated rings. The molecule has 0 radical (unpaired) electrons. The molecule has 6 atom stereocenters. The van der Waals surface area contributed by atoms with Crippen molar-refractivity contribution in [1.82, 2.24) is 30.7 Å². The number of hydrogen-bond acceptors (Lipinski definition) is 7. The van der Waals surface area contributed by atoms with Crippen molar-refractivity contribution in [2.75, 3.05) is 52.3 Å². The van der Waals surface area contributed by atoms with Gasteiger partial charge in [0.05, 0.1) is 23.7 Å². The zero-order valence-electron chi connectivity index (χ0n) is 18.7. The van der Waals surface area contributed by atoms with E-state index in [1.165, 1.54) is 4.90 Å². The van der Waals surface area contributed by atoms with Gasteiger partial charge in [-0.05, 0) is 38.1 Å². The van der Waals surface area contributed by atoms with Crippen LogP contribution in [-0.4, -0.2) is 105 Å². The second-order valence-electron chi connectivity index (χ2n) is 9.23. The third-order valence-electron chi connectivity index (χ3n) is 6.60. The number of hydrogen-bond donors (Lipinski definition) is 5. The van der Waals surface area contributed by atoms with Gasteiger partial charge >= 0.3 is 6.03 Å². The first-order chi connectivity index (χ1) is 15.6. The summed E-state index contributed by atoms with van der Waals surface area (Å²) in [4.78, 5) is 30.2. The third kappa shape index (κ3) is 7.12. The number of halogens is 2. The minimum Gasteiger partial charge on any atom is -0.395 e. The van der Waals surface area contributed by atoms with Crippen LogP contribution in [-0.2, 0) is 14.8 Å². The van der Waals surface area contributed by atoms with Crippen LogP contribution in [0.25, 0.3) is 0 Å². The van der Waals surface area contributed by atoms with Crippen molar-refractivity contribution in [1.29, 1.82) is 0 Å². The molecular weight excluding hydrogens is 479 g/mol. The van der Waals surface area contributed by atoms with Gasteiger partial charge in [-0.25, -0.2) is 17.6 Å². The molecule has 0 bridgehead atoms. The largest absolute Gasteiger partial charge is 0.395 e. The molecule has 0 aromatic heterocycles. The average Bonchev–Trinajstić information content (AvgIpc) is 3.41. The number of amides is 3. The van der Waals surface area contributed by atoms with Crippen LogP contribution in [0.4, 0.5) is 9.18 Å². The van der Waals surface area contributed by atoms with Crippen molar-refractivity contribution in [3.05, 3.63) is 0 Å². The van der Waals surface area contributed by atoms with E-state index < -0.39 is 33.4 Å². The number of sulfonamides is 1. The van der Waals surface area contributed by atoms with Gasteiger partial charge < -0.3 is 15.3 Å². The number of hydrazine groups is 1. The highest BCUT2D eigenvalue weighted by Crippen LogP contribution is 2.37. The number of nitrogens with one attached hydrogen (secondary N) is 4.